The average molecular weight is 326 g/mol. The summed E-state index contributed by atoms with van der Waals surface area (Å²) >= 11 is 0. The van der Waals surface area contributed by atoms with Crippen molar-refractivity contribution < 1.29 is 9.53 Å². The van der Waals surface area contributed by atoms with Gasteiger partial charge in [0.1, 0.15) is 12.4 Å². The molecule has 2 aromatic carbocycles. The Morgan fingerprint density at radius 3 is 2.62 bits per heavy atom. The number of nitrogens with one attached hydrogen (secondary N) is 2. The van der Waals surface area contributed by atoms with Gasteiger partial charge in [-0.15, -0.1) is 0 Å². The molecule has 0 bridgehead atoms. The number of aryl methyl sites for hydroxylation is 2. The van der Waals surface area contributed by atoms with Crippen molar-refractivity contribution in [3.05, 3.63) is 59.2 Å². The second kappa shape index (κ2) is 8.50. The number of benzene rings is 2. The van der Waals surface area contributed by atoms with Gasteiger partial charge in [0.25, 0.3) is 0 Å². The summed E-state index contributed by atoms with van der Waals surface area (Å²) in [6.07, 6.45) is 0. The fourth-order valence-corrected chi connectivity index (χ4v) is 2.49. The molecule has 0 saturated heterocycles. The number of rotatable bonds is 7. The predicted octanol–water partition coefficient (Wildman–Crippen LogP) is 3.68. The van der Waals surface area contributed by atoms with Crippen molar-refractivity contribution in [1.29, 1.82) is 0 Å². The molecule has 0 saturated carbocycles. The van der Waals surface area contributed by atoms with Crippen LogP contribution in [0.1, 0.15) is 23.6 Å². The monoisotopic (exact) mass is 326 g/mol. The number of carbonyl (C=O) groups is 1. The lowest BCUT2D eigenvalue weighted by Crippen LogP contribution is -2.28. The molecule has 4 heteroatoms. The minimum absolute atomic E-state index is 0.0147. The molecule has 0 aliphatic heterocycles. The Bertz CT molecular complexity index is 698. The number of hydrogen-bond acceptors (Lipinski definition) is 3. The van der Waals surface area contributed by atoms with Crippen molar-refractivity contribution in [3.8, 4) is 5.75 Å². The van der Waals surface area contributed by atoms with Gasteiger partial charge in [-0.05, 0) is 50.2 Å². The maximum Gasteiger partial charge on any atom is 0.228 e. The zero-order chi connectivity index (χ0) is 17.5. The lowest BCUT2D eigenvalue weighted by atomic mass is 10.1. The van der Waals surface area contributed by atoms with E-state index in [1.54, 1.807) is 0 Å². The Hall–Kier alpha value is -2.33. The second-order valence-electron chi connectivity index (χ2n) is 6.20. The Morgan fingerprint density at radius 1 is 1.17 bits per heavy atom. The molecule has 2 aromatic rings. The van der Waals surface area contributed by atoms with Crippen LogP contribution >= 0.6 is 0 Å². The van der Waals surface area contributed by atoms with Gasteiger partial charge in [0.2, 0.25) is 5.91 Å². The molecule has 1 amide bonds. The first kappa shape index (κ1) is 18.0. The normalized spacial score (nSPS) is 11.8. The van der Waals surface area contributed by atoms with Gasteiger partial charge in [0.15, 0.2) is 0 Å². The Kier molecular flexibility index (Phi) is 6.38. The highest BCUT2D eigenvalue weighted by atomic mass is 16.5. The fraction of sp³-hybridized carbons (Fsp3) is 0.350. The largest absolute Gasteiger partial charge is 0.489 e. The van der Waals surface area contributed by atoms with Gasteiger partial charge >= 0.3 is 0 Å². The average Bonchev–Trinajstić information content (AvgIpc) is 2.55. The second-order valence-corrected chi connectivity index (χ2v) is 6.20. The lowest BCUT2D eigenvalue weighted by Gasteiger charge is -2.14. The summed E-state index contributed by atoms with van der Waals surface area (Å²) < 4.78 is 5.85. The van der Waals surface area contributed by atoms with Crippen molar-refractivity contribution in [3.63, 3.8) is 0 Å². The van der Waals surface area contributed by atoms with Crippen LogP contribution in [0.5, 0.6) is 5.75 Å². The van der Waals surface area contributed by atoms with E-state index in [0.717, 1.165) is 22.6 Å². The molecule has 0 aliphatic rings. The van der Waals surface area contributed by atoms with Gasteiger partial charge in [0, 0.05) is 18.2 Å². The first-order valence-electron chi connectivity index (χ1n) is 8.24. The van der Waals surface area contributed by atoms with E-state index in [0.29, 0.717) is 13.2 Å². The SMILES string of the molecule is CNCC(C)C(=O)Nc1ccc(OCc2cccc(C)c2)cc1C. The molecular formula is C20H26N2O2. The number of anilines is 1. The smallest absolute Gasteiger partial charge is 0.228 e. The van der Waals surface area contributed by atoms with E-state index >= 15 is 0 Å². The van der Waals surface area contributed by atoms with Gasteiger partial charge in [-0.3, -0.25) is 4.79 Å². The molecule has 4 nitrogen and oxygen atoms in total. The summed E-state index contributed by atoms with van der Waals surface area (Å²) in [7, 11) is 1.84. The van der Waals surface area contributed by atoms with Gasteiger partial charge in [-0.25, -0.2) is 0 Å². The number of hydrogen-bond donors (Lipinski definition) is 2. The molecule has 1 atom stereocenters. The fourth-order valence-electron chi connectivity index (χ4n) is 2.49. The van der Waals surface area contributed by atoms with Crippen LogP contribution in [0.25, 0.3) is 0 Å². The number of amides is 1. The third-order valence-corrected chi connectivity index (χ3v) is 3.90. The molecule has 0 aromatic heterocycles. The van der Waals surface area contributed by atoms with E-state index in [2.05, 4.69) is 35.8 Å². The summed E-state index contributed by atoms with van der Waals surface area (Å²) in [5, 5.41) is 5.98. The number of ether oxygens (including phenoxy) is 1. The van der Waals surface area contributed by atoms with E-state index in [1.807, 2.05) is 45.2 Å². The summed E-state index contributed by atoms with van der Waals surface area (Å²) in [4.78, 5) is 12.1. The molecule has 0 heterocycles. The van der Waals surface area contributed by atoms with Gasteiger partial charge < -0.3 is 15.4 Å². The Morgan fingerprint density at radius 2 is 1.96 bits per heavy atom. The van der Waals surface area contributed by atoms with Crippen LogP contribution in [0.2, 0.25) is 0 Å². The maximum atomic E-state index is 12.1. The highest BCUT2D eigenvalue weighted by Gasteiger charge is 2.13. The molecule has 0 radical (unpaired) electrons. The molecule has 2 N–H and O–H groups in total. The molecule has 0 aliphatic carbocycles. The van der Waals surface area contributed by atoms with Crippen LogP contribution in [0.3, 0.4) is 0 Å². The topological polar surface area (TPSA) is 50.4 Å². The van der Waals surface area contributed by atoms with Crippen molar-refractivity contribution in [1.82, 2.24) is 5.32 Å². The molecule has 128 valence electrons. The predicted molar refractivity (Wildman–Crippen MR) is 98.4 cm³/mol. The van der Waals surface area contributed by atoms with E-state index < -0.39 is 0 Å². The van der Waals surface area contributed by atoms with Gasteiger partial charge in [-0.1, -0.05) is 36.8 Å². The highest BCUT2D eigenvalue weighted by molar-refractivity contribution is 5.93. The van der Waals surface area contributed by atoms with Crippen LogP contribution in [0, 0.1) is 19.8 Å². The van der Waals surface area contributed by atoms with Crippen molar-refractivity contribution in [2.45, 2.75) is 27.4 Å². The summed E-state index contributed by atoms with van der Waals surface area (Å²) in [5.41, 5.74) is 4.18. The van der Waals surface area contributed by atoms with Crippen molar-refractivity contribution in [2.24, 2.45) is 5.92 Å². The third-order valence-electron chi connectivity index (χ3n) is 3.90. The first-order chi connectivity index (χ1) is 11.5. The van der Waals surface area contributed by atoms with Gasteiger partial charge in [-0.2, -0.15) is 0 Å². The Balaban J connectivity index is 1.97. The van der Waals surface area contributed by atoms with Crippen molar-refractivity contribution in [2.75, 3.05) is 18.9 Å². The van der Waals surface area contributed by atoms with E-state index in [1.165, 1.54) is 5.56 Å². The summed E-state index contributed by atoms with van der Waals surface area (Å²) in [6.45, 7) is 7.13. The zero-order valence-electron chi connectivity index (χ0n) is 14.8. The summed E-state index contributed by atoms with van der Waals surface area (Å²) in [6, 6.07) is 14.0. The standard InChI is InChI=1S/C20H26N2O2/c1-14-6-5-7-17(10-14)13-24-18-8-9-19(15(2)11-18)22-20(23)16(3)12-21-4/h5-11,16,21H,12-13H2,1-4H3,(H,22,23). The van der Waals surface area contributed by atoms with E-state index in [9.17, 15) is 4.79 Å². The third kappa shape index (κ3) is 5.10. The minimum atomic E-state index is -0.0772. The zero-order valence-corrected chi connectivity index (χ0v) is 14.8. The van der Waals surface area contributed by atoms with E-state index in [-0.39, 0.29) is 11.8 Å². The van der Waals surface area contributed by atoms with Crippen molar-refractivity contribution >= 4 is 11.6 Å². The molecule has 0 fully saturated rings. The maximum absolute atomic E-state index is 12.1. The quantitative estimate of drug-likeness (QED) is 0.816. The molecular weight excluding hydrogens is 300 g/mol. The van der Waals surface area contributed by atoms with Crippen LogP contribution in [-0.4, -0.2) is 19.5 Å². The van der Waals surface area contributed by atoms with Gasteiger partial charge in [0.05, 0.1) is 0 Å². The van der Waals surface area contributed by atoms with Crippen LogP contribution in [0.4, 0.5) is 5.69 Å². The molecule has 2 rings (SSSR count). The van der Waals surface area contributed by atoms with Crippen LogP contribution < -0.4 is 15.4 Å². The molecule has 0 spiro atoms. The van der Waals surface area contributed by atoms with Crippen LogP contribution in [-0.2, 0) is 11.4 Å². The number of carbonyl (C=O) groups excluding carboxylic acids is 1. The minimum Gasteiger partial charge on any atom is -0.489 e. The lowest BCUT2D eigenvalue weighted by molar-refractivity contribution is -0.119. The first-order valence-corrected chi connectivity index (χ1v) is 8.24. The van der Waals surface area contributed by atoms with Crippen LogP contribution in [0.15, 0.2) is 42.5 Å². The molecule has 24 heavy (non-hydrogen) atoms. The van der Waals surface area contributed by atoms with E-state index in [4.69, 9.17) is 4.74 Å². The molecule has 1 unspecified atom stereocenters. The summed E-state index contributed by atoms with van der Waals surface area (Å²) in [5.74, 6) is 0.739. The Labute approximate surface area is 144 Å². The highest BCUT2D eigenvalue weighted by Crippen LogP contribution is 2.22.